The average Bonchev–Trinajstić information content (AvgIpc) is 3.08. The third kappa shape index (κ3) is 4.82. The number of para-hydroxylation sites is 1. The minimum atomic E-state index is -0.916. The molecule has 1 aliphatic rings. The number of benzene rings is 2. The lowest BCUT2D eigenvalue weighted by atomic mass is 9.89. The molecule has 0 spiro atoms. The van der Waals surface area contributed by atoms with Crippen LogP contribution in [-0.4, -0.2) is 40.8 Å². The summed E-state index contributed by atoms with van der Waals surface area (Å²) in [7, 11) is 0. The molecule has 1 aliphatic heterocycles. The molecule has 6 heteroatoms. The molecule has 0 bridgehead atoms. The molecule has 0 unspecified atom stereocenters. The van der Waals surface area contributed by atoms with Crippen LogP contribution in [0.2, 0.25) is 0 Å². The van der Waals surface area contributed by atoms with E-state index in [1.165, 1.54) is 4.90 Å². The number of amides is 1. The van der Waals surface area contributed by atoms with E-state index in [1.54, 1.807) is 20.8 Å². The van der Waals surface area contributed by atoms with Gasteiger partial charge in [0.25, 0.3) is 0 Å². The third-order valence-corrected chi connectivity index (χ3v) is 4.58. The zero-order valence-electron chi connectivity index (χ0n) is 16.3. The predicted octanol–water partition coefficient (Wildman–Crippen LogP) is 4.51. The molecule has 0 aromatic heterocycles. The molecule has 1 amide bonds. The molecule has 1 saturated heterocycles. The lowest BCUT2D eigenvalue weighted by Gasteiger charge is -2.24. The predicted molar refractivity (Wildman–Crippen MR) is 105 cm³/mol. The van der Waals surface area contributed by atoms with Gasteiger partial charge in [-0.25, -0.2) is 4.79 Å². The molecule has 0 radical (unpaired) electrons. The summed E-state index contributed by atoms with van der Waals surface area (Å²) in [5, 5.41) is 9.62. The first-order valence-electron chi connectivity index (χ1n) is 9.26. The minimum absolute atomic E-state index is 0.136. The SMILES string of the molecule is CC(C)(C)OC(=O)N1C[C@@H](C(=O)O)[C@H](c2ccc(Oc3ccccc3)cc2)C1. The second kappa shape index (κ2) is 7.92. The normalized spacial score (nSPS) is 19.3. The highest BCUT2D eigenvalue weighted by Gasteiger charge is 2.41. The smallest absolute Gasteiger partial charge is 0.410 e. The Morgan fingerprint density at radius 2 is 1.57 bits per heavy atom. The van der Waals surface area contributed by atoms with Crippen LogP contribution < -0.4 is 4.74 Å². The number of aliphatic carboxylic acids is 1. The van der Waals surface area contributed by atoms with Crippen molar-refractivity contribution < 1.29 is 24.2 Å². The van der Waals surface area contributed by atoms with E-state index >= 15 is 0 Å². The Labute approximate surface area is 164 Å². The molecule has 1 fully saturated rings. The van der Waals surface area contributed by atoms with Crippen molar-refractivity contribution in [2.45, 2.75) is 32.3 Å². The topological polar surface area (TPSA) is 76.1 Å². The van der Waals surface area contributed by atoms with E-state index in [4.69, 9.17) is 9.47 Å². The first-order valence-corrected chi connectivity index (χ1v) is 9.26. The van der Waals surface area contributed by atoms with E-state index in [2.05, 4.69) is 0 Å². The fourth-order valence-electron chi connectivity index (χ4n) is 3.28. The van der Waals surface area contributed by atoms with E-state index in [0.717, 1.165) is 11.3 Å². The highest BCUT2D eigenvalue weighted by atomic mass is 16.6. The summed E-state index contributed by atoms with van der Waals surface area (Å²) in [6.07, 6.45) is -0.481. The molecule has 1 N–H and O–H groups in total. The third-order valence-electron chi connectivity index (χ3n) is 4.58. The summed E-state index contributed by atoms with van der Waals surface area (Å²) in [4.78, 5) is 25.6. The Bertz CT molecular complexity index is 826. The molecular formula is C22H25NO5. The van der Waals surface area contributed by atoms with Crippen molar-refractivity contribution in [3.05, 3.63) is 60.2 Å². The van der Waals surface area contributed by atoms with Gasteiger partial charge >= 0.3 is 12.1 Å². The first-order chi connectivity index (χ1) is 13.2. The van der Waals surface area contributed by atoms with E-state index in [9.17, 15) is 14.7 Å². The average molecular weight is 383 g/mol. The number of carboxylic acid groups (broad SMARTS) is 1. The first kappa shape index (κ1) is 19.7. The van der Waals surface area contributed by atoms with E-state index in [1.807, 2.05) is 54.6 Å². The summed E-state index contributed by atoms with van der Waals surface area (Å²) < 4.78 is 11.2. The highest BCUT2D eigenvalue weighted by Crippen LogP contribution is 2.35. The molecule has 6 nitrogen and oxygen atoms in total. The van der Waals surface area contributed by atoms with Gasteiger partial charge in [0.1, 0.15) is 17.1 Å². The van der Waals surface area contributed by atoms with Gasteiger partial charge in [-0.15, -0.1) is 0 Å². The van der Waals surface area contributed by atoms with Crippen molar-refractivity contribution in [2.75, 3.05) is 13.1 Å². The Hall–Kier alpha value is -3.02. The van der Waals surface area contributed by atoms with E-state index < -0.39 is 23.6 Å². The van der Waals surface area contributed by atoms with Crippen LogP contribution in [0.3, 0.4) is 0 Å². The molecule has 1 heterocycles. The summed E-state index contributed by atoms with van der Waals surface area (Å²) in [6.45, 7) is 5.82. The van der Waals surface area contributed by atoms with Crippen LogP contribution in [-0.2, 0) is 9.53 Å². The lowest BCUT2D eigenvalue weighted by molar-refractivity contribution is -0.141. The van der Waals surface area contributed by atoms with Crippen molar-refractivity contribution in [1.82, 2.24) is 4.90 Å². The number of carboxylic acids is 1. The number of hydrogen-bond acceptors (Lipinski definition) is 4. The molecule has 28 heavy (non-hydrogen) atoms. The quantitative estimate of drug-likeness (QED) is 0.840. The van der Waals surface area contributed by atoms with Gasteiger partial charge in [-0.3, -0.25) is 4.79 Å². The molecule has 2 aromatic rings. The monoisotopic (exact) mass is 383 g/mol. The van der Waals surface area contributed by atoms with Crippen LogP contribution in [0.15, 0.2) is 54.6 Å². The van der Waals surface area contributed by atoms with Crippen LogP contribution in [0.1, 0.15) is 32.3 Å². The van der Waals surface area contributed by atoms with Gasteiger partial charge in [0.05, 0.1) is 5.92 Å². The molecule has 3 rings (SSSR count). The Balaban J connectivity index is 1.73. The standard InChI is InChI=1S/C22H25NO5/c1-22(2,3)28-21(26)23-13-18(19(14-23)20(24)25)15-9-11-17(12-10-15)27-16-7-5-4-6-8-16/h4-12,18-19H,13-14H2,1-3H3,(H,24,25)/t18-,19+/m0/s1. The van der Waals surface area contributed by atoms with Crippen molar-refractivity contribution >= 4 is 12.1 Å². The number of nitrogens with zero attached hydrogens (tertiary/aromatic N) is 1. The summed E-state index contributed by atoms with van der Waals surface area (Å²) in [5.41, 5.74) is 0.239. The van der Waals surface area contributed by atoms with Crippen LogP contribution in [0, 0.1) is 5.92 Å². The van der Waals surface area contributed by atoms with Gasteiger partial charge in [-0.1, -0.05) is 30.3 Å². The molecule has 0 aliphatic carbocycles. The number of carbonyl (C=O) groups excluding carboxylic acids is 1. The van der Waals surface area contributed by atoms with Crippen LogP contribution in [0.25, 0.3) is 0 Å². The highest BCUT2D eigenvalue weighted by molar-refractivity contribution is 5.76. The van der Waals surface area contributed by atoms with E-state index in [-0.39, 0.29) is 12.5 Å². The maximum atomic E-state index is 12.4. The summed E-state index contributed by atoms with van der Waals surface area (Å²) in [6, 6.07) is 16.8. The maximum absolute atomic E-state index is 12.4. The largest absolute Gasteiger partial charge is 0.481 e. The van der Waals surface area contributed by atoms with Crippen LogP contribution in [0.5, 0.6) is 11.5 Å². The molecule has 148 valence electrons. The van der Waals surface area contributed by atoms with E-state index in [0.29, 0.717) is 12.3 Å². The van der Waals surface area contributed by atoms with Crippen molar-refractivity contribution in [2.24, 2.45) is 5.92 Å². The van der Waals surface area contributed by atoms with Crippen molar-refractivity contribution in [1.29, 1.82) is 0 Å². The molecular weight excluding hydrogens is 358 g/mol. The second-order valence-corrected chi connectivity index (χ2v) is 7.92. The van der Waals surface area contributed by atoms with Crippen LogP contribution >= 0.6 is 0 Å². The fourth-order valence-corrected chi connectivity index (χ4v) is 3.28. The van der Waals surface area contributed by atoms with Gasteiger partial charge < -0.3 is 19.5 Å². The Morgan fingerprint density at radius 3 is 2.14 bits per heavy atom. The van der Waals surface area contributed by atoms with Crippen molar-refractivity contribution in [3.8, 4) is 11.5 Å². The maximum Gasteiger partial charge on any atom is 0.410 e. The van der Waals surface area contributed by atoms with Gasteiger partial charge in [-0.2, -0.15) is 0 Å². The Morgan fingerprint density at radius 1 is 0.964 bits per heavy atom. The molecule has 2 atom stereocenters. The van der Waals surface area contributed by atoms with Crippen molar-refractivity contribution in [3.63, 3.8) is 0 Å². The molecule has 2 aromatic carbocycles. The van der Waals surface area contributed by atoms with Crippen LogP contribution in [0.4, 0.5) is 4.79 Å². The summed E-state index contributed by atoms with van der Waals surface area (Å²) >= 11 is 0. The number of likely N-dealkylation sites (tertiary alicyclic amines) is 1. The second-order valence-electron chi connectivity index (χ2n) is 7.92. The van der Waals surface area contributed by atoms with Gasteiger partial charge in [0.2, 0.25) is 0 Å². The number of ether oxygens (including phenoxy) is 2. The molecule has 0 saturated carbocycles. The Kier molecular flexibility index (Phi) is 5.58. The van der Waals surface area contributed by atoms with Gasteiger partial charge in [-0.05, 0) is 50.6 Å². The zero-order chi connectivity index (χ0) is 20.3. The number of hydrogen-bond donors (Lipinski definition) is 1. The summed E-state index contributed by atoms with van der Waals surface area (Å²) in [5.74, 6) is -0.482. The van der Waals surface area contributed by atoms with Gasteiger partial charge in [0, 0.05) is 19.0 Å². The van der Waals surface area contributed by atoms with Gasteiger partial charge in [0.15, 0.2) is 0 Å². The fraction of sp³-hybridized carbons (Fsp3) is 0.364. The number of rotatable bonds is 4. The zero-order valence-corrected chi connectivity index (χ0v) is 16.3. The lowest BCUT2D eigenvalue weighted by Crippen LogP contribution is -2.35. The minimum Gasteiger partial charge on any atom is -0.481 e. The number of carbonyl (C=O) groups is 2.